The Hall–Kier alpha value is -2.92. The number of hydrogen-bond acceptors (Lipinski definition) is 3. The second-order valence-corrected chi connectivity index (χ2v) is 9.83. The number of para-hydroxylation sites is 1. The van der Waals surface area contributed by atoms with Crippen molar-refractivity contribution in [1.29, 1.82) is 0 Å². The number of alkyl halides is 1. The van der Waals surface area contributed by atoms with Crippen LogP contribution in [-0.4, -0.2) is 40.7 Å². The summed E-state index contributed by atoms with van der Waals surface area (Å²) < 4.78 is 19.7. The van der Waals surface area contributed by atoms with Gasteiger partial charge >= 0.3 is 5.97 Å². The van der Waals surface area contributed by atoms with Gasteiger partial charge in [0.05, 0.1) is 13.2 Å². The number of nitrogens with zero attached hydrogens (tertiary/aromatic N) is 1. The maximum Gasteiger partial charge on any atom is 0.330 e. The van der Waals surface area contributed by atoms with E-state index in [0.717, 1.165) is 28.8 Å². The van der Waals surface area contributed by atoms with Crippen LogP contribution in [0.1, 0.15) is 56.1 Å². The molecule has 1 N–H and O–H groups in total. The van der Waals surface area contributed by atoms with Crippen molar-refractivity contribution in [2.24, 2.45) is 0 Å². The SMILES string of the molecule is COC(=O)C=Cc1cccc(C2c3[nH]c4ccccc4c3CC(C)(C)N2CC(C)(C)F)c1. The monoisotopic (exact) mass is 434 g/mol. The van der Waals surface area contributed by atoms with Crippen molar-refractivity contribution < 1.29 is 13.9 Å². The molecule has 0 aliphatic carbocycles. The summed E-state index contributed by atoms with van der Waals surface area (Å²) in [7, 11) is 1.36. The van der Waals surface area contributed by atoms with Crippen molar-refractivity contribution in [3.8, 4) is 0 Å². The fraction of sp³-hybridized carbons (Fsp3) is 0.370. The smallest absolute Gasteiger partial charge is 0.330 e. The van der Waals surface area contributed by atoms with Crippen LogP contribution in [-0.2, 0) is 16.0 Å². The van der Waals surface area contributed by atoms with Gasteiger partial charge in [0.2, 0.25) is 0 Å². The second-order valence-electron chi connectivity index (χ2n) is 9.83. The van der Waals surface area contributed by atoms with E-state index in [9.17, 15) is 9.18 Å². The van der Waals surface area contributed by atoms with E-state index in [-0.39, 0.29) is 11.6 Å². The van der Waals surface area contributed by atoms with Crippen LogP contribution < -0.4 is 0 Å². The van der Waals surface area contributed by atoms with Gasteiger partial charge in [-0.05, 0) is 69.0 Å². The third kappa shape index (κ3) is 4.35. The van der Waals surface area contributed by atoms with Crippen molar-refractivity contribution in [2.75, 3.05) is 13.7 Å². The summed E-state index contributed by atoms with van der Waals surface area (Å²) in [5.74, 6) is -0.395. The molecule has 0 amide bonds. The van der Waals surface area contributed by atoms with Gasteiger partial charge in [-0.25, -0.2) is 9.18 Å². The molecule has 4 nitrogen and oxygen atoms in total. The van der Waals surface area contributed by atoms with Gasteiger partial charge < -0.3 is 9.72 Å². The Morgan fingerprint density at radius 3 is 2.72 bits per heavy atom. The number of fused-ring (bicyclic) bond motifs is 3. The molecule has 168 valence electrons. The van der Waals surface area contributed by atoms with Crippen LogP contribution in [0, 0.1) is 0 Å². The molecule has 0 spiro atoms. The van der Waals surface area contributed by atoms with E-state index in [2.05, 4.69) is 54.1 Å². The Morgan fingerprint density at radius 2 is 2.00 bits per heavy atom. The Morgan fingerprint density at radius 1 is 1.25 bits per heavy atom. The molecule has 3 aromatic rings. The third-order valence-electron chi connectivity index (χ3n) is 6.20. The minimum absolute atomic E-state index is 0.136. The molecule has 0 radical (unpaired) electrons. The first-order valence-corrected chi connectivity index (χ1v) is 11.0. The molecule has 0 saturated carbocycles. The van der Waals surface area contributed by atoms with Gasteiger partial charge in [0.25, 0.3) is 0 Å². The van der Waals surface area contributed by atoms with Crippen molar-refractivity contribution in [3.63, 3.8) is 0 Å². The zero-order valence-electron chi connectivity index (χ0n) is 19.4. The Kier molecular flexibility index (Phi) is 5.72. The van der Waals surface area contributed by atoms with E-state index in [1.54, 1.807) is 19.9 Å². The molecule has 0 saturated heterocycles. The lowest BCUT2D eigenvalue weighted by atomic mass is 9.80. The van der Waals surface area contributed by atoms with E-state index in [1.807, 2.05) is 18.2 Å². The van der Waals surface area contributed by atoms with Crippen molar-refractivity contribution in [2.45, 2.75) is 51.4 Å². The zero-order chi connectivity index (χ0) is 23.1. The van der Waals surface area contributed by atoms with Crippen molar-refractivity contribution in [3.05, 3.63) is 77.0 Å². The maximum absolute atomic E-state index is 15.0. The quantitative estimate of drug-likeness (QED) is 0.406. The second kappa shape index (κ2) is 8.21. The number of hydrogen-bond donors (Lipinski definition) is 1. The van der Waals surface area contributed by atoms with Gasteiger partial charge in [0.1, 0.15) is 5.67 Å². The molecule has 1 aliphatic heterocycles. The van der Waals surface area contributed by atoms with Gasteiger partial charge in [-0.3, -0.25) is 4.90 Å². The van der Waals surface area contributed by atoms with Crippen LogP contribution in [0.4, 0.5) is 4.39 Å². The van der Waals surface area contributed by atoms with E-state index >= 15 is 0 Å². The van der Waals surface area contributed by atoms with E-state index in [1.165, 1.54) is 24.1 Å². The van der Waals surface area contributed by atoms with Crippen molar-refractivity contribution >= 4 is 22.9 Å². The number of halogens is 1. The molecule has 1 atom stereocenters. The van der Waals surface area contributed by atoms with Crippen LogP contribution in [0.15, 0.2) is 54.6 Å². The normalized spacial score (nSPS) is 18.8. The number of aromatic nitrogens is 1. The fourth-order valence-corrected chi connectivity index (χ4v) is 4.81. The number of nitrogens with one attached hydrogen (secondary N) is 1. The van der Waals surface area contributed by atoms with Crippen LogP contribution >= 0.6 is 0 Å². The molecule has 4 rings (SSSR count). The number of esters is 1. The lowest BCUT2D eigenvalue weighted by Gasteiger charge is -2.49. The highest BCUT2D eigenvalue weighted by Crippen LogP contribution is 2.45. The molecule has 0 fully saturated rings. The average molecular weight is 435 g/mol. The molecular weight excluding hydrogens is 403 g/mol. The highest BCUT2D eigenvalue weighted by atomic mass is 19.1. The number of carbonyl (C=O) groups excluding carboxylic acids is 1. The summed E-state index contributed by atoms with van der Waals surface area (Å²) >= 11 is 0. The van der Waals surface area contributed by atoms with Gasteiger partial charge in [0, 0.05) is 34.8 Å². The zero-order valence-corrected chi connectivity index (χ0v) is 19.4. The summed E-state index contributed by atoms with van der Waals surface area (Å²) in [6.07, 6.45) is 4.00. The van der Waals surface area contributed by atoms with Crippen LogP contribution in [0.5, 0.6) is 0 Å². The molecule has 2 heterocycles. The number of methoxy groups -OCH3 is 1. The molecule has 1 aliphatic rings. The van der Waals surface area contributed by atoms with Gasteiger partial charge in [-0.15, -0.1) is 0 Å². The fourth-order valence-electron chi connectivity index (χ4n) is 4.81. The first kappa shape index (κ1) is 22.3. The number of benzene rings is 2. The van der Waals surface area contributed by atoms with Crippen molar-refractivity contribution in [1.82, 2.24) is 9.88 Å². The Labute approximate surface area is 189 Å². The molecule has 1 aromatic heterocycles. The van der Waals surface area contributed by atoms with Crippen LogP contribution in [0.3, 0.4) is 0 Å². The van der Waals surface area contributed by atoms with Crippen LogP contribution in [0.2, 0.25) is 0 Å². The van der Waals surface area contributed by atoms with Gasteiger partial charge in [0.15, 0.2) is 0 Å². The molecule has 32 heavy (non-hydrogen) atoms. The van der Waals surface area contributed by atoms with Gasteiger partial charge in [-0.1, -0.05) is 36.4 Å². The minimum atomic E-state index is -1.35. The van der Waals surface area contributed by atoms with Gasteiger partial charge in [-0.2, -0.15) is 0 Å². The molecule has 0 bridgehead atoms. The standard InChI is InChI=1S/C27H31FN2O2/c1-26(2,28)17-30-25(19-10-8-9-18(15-19)13-14-23(31)32-5)24-21(16-27(30,3)4)20-11-6-7-12-22(20)29-24/h6-15,25,29H,16-17H2,1-5H3. The molecule has 1 unspecified atom stereocenters. The predicted octanol–water partition coefficient (Wildman–Crippen LogP) is 5.83. The number of rotatable bonds is 5. The highest BCUT2D eigenvalue weighted by Gasteiger charge is 2.44. The molecule has 2 aromatic carbocycles. The van der Waals surface area contributed by atoms with E-state index in [4.69, 9.17) is 4.74 Å². The summed E-state index contributed by atoms with van der Waals surface area (Å²) in [6, 6.07) is 16.3. The number of aromatic amines is 1. The summed E-state index contributed by atoms with van der Waals surface area (Å²) in [6.45, 7) is 7.96. The Bertz CT molecular complexity index is 1170. The highest BCUT2D eigenvalue weighted by molar-refractivity contribution is 5.87. The third-order valence-corrected chi connectivity index (χ3v) is 6.20. The largest absolute Gasteiger partial charge is 0.466 e. The summed E-state index contributed by atoms with van der Waals surface area (Å²) in [4.78, 5) is 17.5. The lowest BCUT2D eigenvalue weighted by Crippen LogP contribution is -2.54. The average Bonchev–Trinajstić information content (AvgIpc) is 3.09. The minimum Gasteiger partial charge on any atom is -0.466 e. The summed E-state index contributed by atoms with van der Waals surface area (Å²) in [5.41, 5.74) is 3.87. The number of carbonyl (C=O) groups is 1. The molecule has 5 heteroatoms. The number of H-pyrrole nitrogens is 1. The lowest BCUT2D eigenvalue weighted by molar-refractivity contribution is -0.134. The van der Waals surface area contributed by atoms with Crippen LogP contribution in [0.25, 0.3) is 17.0 Å². The topological polar surface area (TPSA) is 45.3 Å². The maximum atomic E-state index is 15.0. The Balaban J connectivity index is 1.88. The first-order chi connectivity index (χ1) is 15.1. The van der Waals surface area contributed by atoms with E-state index < -0.39 is 11.6 Å². The summed E-state index contributed by atoms with van der Waals surface area (Å²) in [5, 5.41) is 1.22. The van der Waals surface area contributed by atoms with E-state index in [0.29, 0.717) is 6.54 Å². The number of ether oxygens (including phenoxy) is 1. The first-order valence-electron chi connectivity index (χ1n) is 11.0. The predicted molar refractivity (Wildman–Crippen MR) is 127 cm³/mol. The molecular formula is C27H31FN2O2.